The lowest BCUT2D eigenvalue weighted by atomic mass is 10.2. The lowest BCUT2D eigenvalue weighted by molar-refractivity contribution is -0.140. The Bertz CT molecular complexity index is 414. The number of aromatic nitrogens is 1. The van der Waals surface area contributed by atoms with Crippen molar-refractivity contribution in [2.45, 2.75) is 40.7 Å². The number of carbonyl (C=O) groups is 1. The summed E-state index contributed by atoms with van der Waals surface area (Å²) < 4.78 is 6.47. The summed E-state index contributed by atoms with van der Waals surface area (Å²) in [7, 11) is 1.37. The number of nitriles is 1. The molecule has 0 amide bonds. The third-order valence-corrected chi connectivity index (χ3v) is 2.57. The maximum absolute atomic E-state index is 11.0. The Morgan fingerprint density at radius 3 is 2.47 bits per heavy atom. The van der Waals surface area contributed by atoms with Crippen LogP contribution < -0.4 is 0 Å². The van der Waals surface area contributed by atoms with E-state index in [1.165, 1.54) is 7.11 Å². The Labute approximate surface area is 103 Å². The molecule has 0 aromatic carbocycles. The van der Waals surface area contributed by atoms with Crippen LogP contribution in [0.3, 0.4) is 0 Å². The molecular weight excluding hydrogens is 216 g/mol. The van der Waals surface area contributed by atoms with E-state index in [0.717, 1.165) is 11.3 Å². The van der Waals surface area contributed by atoms with Crippen molar-refractivity contribution >= 4 is 5.97 Å². The average Bonchev–Trinajstić information content (AvgIpc) is 2.65. The fraction of sp³-hybridized carbons (Fsp3) is 0.538. The molecule has 0 atom stereocenters. The van der Waals surface area contributed by atoms with E-state index in [0.29, 0.717) is 18.5 Å². The molecule has 0 fully saturated rings. The largest absolute Gasteiger partial charge is 0.469 e. The first-order valence-electron chi connectivity index (χ1n) is 5.73. The number of rotatable bonds is 3. The van der Waals surface area contributed by atoms with Crippen molar-refractivity contribution in [1.29, 1.82) is 5.26 Å². The highest BCUT2D eigenvalue weighted by Crippen LogP contribution is 2.15. The van der Waals surface area contributed by atoms with Crippen LogP contribution in [-0.4, -0.2) is 17.6 Å². The lowest BCUT2D eigenvalue weighted by Gasteiger charge is -2.04. The Hall–Kier alpha value is -1.76. The van der Waals surface area contributed by atoms with Gasteiger partial charge in [0.05, 0.1) is 19.1 Å². The summed E-state index contributed by atoms with van der Waals surface area (Å²) in [6, 6.07) is 2.12. The van der Waals surface area contributed by atoms with Crippen molar-refractivity contribution in [3.05, 3.63) is 23.0 Å². The molecule has 1 aromatic rings. The Balaban J connectivity index is 0.00000121. The van der Waals surface area contributed by atoms with Gasteiger partial charge in [-0.05, 0) is 19.4 Å². The van der Waals surface area contributed by atoms with Crippen molar-refractivity contribution in [3.63, 3.8) is 0 Å². The van der Waals surface area contributed by atoms with Crippen LogP contribution in [-0.2, 0) is 16.1 Å². The van der Waals surface area contributed by atoms with E-state index < -0.39 is 0 Å². The summed E-state index contributed by atoms with van der Waals surface area (Å²) in [6.45, 7) is 8.40. The van der Waals surface area contributed by atoms with Gasteiger partial charge in [-0.25, -0.2) is 0 Å². The fourth-order valence-electron chi connectivity index (χ4n) is 1.42. The summed E-state index contributed by atoms with van der Waals surface area (Å²) in [4.78, 5) is 11.0. The van der Waals surface area contributed by atoms with Crippen molar-refractivity contribution in [2.75, 3.05) is 7.11 Å². The van der Waals surface area contributed by atoms with Crippen LogP contribution in [0.25, 0.3) is 0 Å². The van der Waals surface area contributed by atoms with Gasteiger partial charge in [-0.1, -0.05) is 13.8 Å². The van der Waals surface area contributed by atoms with E-state index >= 15 is 0 Å². The number of hydrogen-bond acceptors (Lipinski definition) is 3. The zero-order valence-corrected chi connectivity index (χ0v) is 11.2. The van der Waals surface area contributed by atoms with Crippen LogP contribution in [0, 0.1) is 25.2 Å². The lowest BCUT2D eigenvalue weighted by Crippen LogP contribution is -2.07. The number of hydrogen-bond donors (Lipinski definition) is 0. The van der Waals surface area contributed by atoms with Gasteiger partial charge < -0.3 is 9.30 Å². The molecular formula is C13H20N2O2. The Morgan fingerprint density at radius 1 is 1.47 bits per heavy atom. The molecule has 94 valence electrons. The van der Waals surface area contributed by atoms with Crippen LogP contribution in [0.2, 0.25) is 0 Å². The normalized spacial score (nSPS) is 8.94. The number of carbonyl (C=O) groups excluding carboxylic acids is 1. The molecule has 0 spiro atoms. The van der Waals surface area contributed by atoms with E-state index in [2.05, 4.69) is 10.8 Å². The smallest absolute Gasteiger partial charge is 0.307 e. The van der Waals surface area contributed by atoms with Crippen LogP contribution in [0.4, 0.5) is 0 Å². The SMILES string of the molecule is CC.COC(=O)CCn1cc(C#N)c(C)c1C. The third kappa shape index (κ3) is 3.95. The highest BCUT2D eigenvalue weighted by atomic mass is 16.5. The molecule has 0 N–H and O–H groups in total. The number of methoxy groups -OCH3 is 1. The molecule has 0 aliphatic heterocycles. The number of aryl methyl sites for hydroxylation is 1. The minimum Gasteiger partial charge on any atom is -0.469 e. The van der Waals surface area contributed by atoms with E-state index in [-0.39, 0.29) is 5.97 Å². The molecule has 0 saturated carbocycles. The second kappa shape index (κ2) is 7.50. The Morgan fingerprint density at radius 2 is 2.06 bits per heavy atom. The topological polar surface area (TPSA) is 55.0 Å². The molecule has 0 aliphatic rings. The molecule has 0 radical (unpaired) electrons. The monoisotopic (exact) mass is 236 g/mol. The molecule has 0 bridgehead atoms. The van der Waals surface area contributed by atoms with Crippen LogP contribution in [0.1, 0.15) is 37.1 Å². The van der Waals surface area contributed by atoms with Crippen molar-refractivity contribution in [2.24, 2.45) is 0 Å². The molecule has 0 saturated heterocycles. The molecule has 4 nitrogen and oxygen atoms in total. The van der Waals surface area contributed by atoms with Crippen molar-refractivity contribution in [1.82, 2.24) is 4.57 Å². The first kappa shape index (κ1) is 15.2. The predicted molar refractivity (Wildman–Crippen MR) is 66.6 cm³/mol. The summed E-state index contributed by atoms with van der Waals surface area (Å²) in [6.07, 6.45) is 2.10. The summed E-state index contributed by atoms with van der Waals surface area (Å²) in [5, 5.41) is 8.82. The van der Waals surface area contributed by atoms with E-state index in [4.69, 9.17) is 5.26 Å². The second-order valence-corrected chi connectivity index (χ2v) is 3.38. The highest BCUT2D eigenvalue weighted by molar-refractivity contribution is 5.69. The minimum atomic E-state index is -0.237. The first-order valence-corrected chi connectivity index (χ1v) is 5.73. The van der Waals surface area contributed by atoms with Gasteiger partial charge in [0, 0.05) is 18.4 Å². The maximum Gasteiger partial charge on any atom is 0.307 e. The molecule has 0 unspecified atom stereocenters. The molecule has 0 aliphatic carbocycles. The molecule has 1 aromatic heterocycles. The maximum atomic E-state index is 11.0. The van der Waals surface area contributed by atoms with Gasteiger partial charge >= 0.3 is 5.97 Å². The molecule has 17 heavy (non-hydrogen) atoms. The van der Waals surface area contributed by atoms with Gasteiger partial charge in [0.2, 0.25) is 0 Å². The number of esters is 1. The van der Waals surface area contributed by atoms with Gasteiger partial charge in [0.1, 0.15) is 6.07 Å². The third-order valence-electron chi connectivity index (χ3n) is 2.57. The summed E-state index contributed by atoms with van der Waals surface area (Å²) in [5.74, 6) is -0.237. The van der Waals surface area contributed by atoms with E-state index in [1.807, 2.05) is 32.3 Å². The van der Waals surface area contributed by atoms with E-state index in [9.17, 15) is 4.79 Å². The fourth-order valence-corrected chi connectivity index (χ4v) is 1.42. The van der Waals surface area contributed by atoms with Crippen molar-refractivity contribution < 1.29 is 9.53 Å². The van der Waals surface area contributed by atoms with Crippen molar-refractivity contribution in [3.8, 4) is 6.07 Å². The Kier molecular flexibility index (Phi) is 6.73. The van der Waals surface area contributed by atoms with Crippen LogP contribution in [0.5, 0.6) is 0 Å². The molecule has 1 rings (SSSR count). The zero-order valence-electron chi connectivity index (χ0n) is 11.2. The van der Waals surface area contributed by atoms with E-state index in [1.54, 1.807) is 6.20 Å². The highest BCUT2D eigenvalue weighted by Gasteiger charge is 2.09. The zero-order chi connectivity index (χ0) is 13.4. The average molecular weight is 236 g/mol. The number of nitrogens with zero attached hydrogens (tertiary/aromatic N) is 2. The molecule has 4 heteroatoms. The van der Waals surface area contributed by atoms with Crippen LogP contribution in [0.15, 0.2) is 6.20 Å². The molecule has 1 heterocycles. The standard InChI is InChI=1S/C11H14N2O2.C2H6/c1-8-9(2)13(7-10(8)6-12)5-4-11(14)15-3;1-2/h7H,4-5H2,1-3H3;1-2H3. The van der Waals surface area contributed by atoms with Gasteiger partial charge in [0.25, 0.3) is 0 Å². The minimum absolute atomic E-state index is 0.237. The first-order chi connectivity index (χ1) is 8.10. The predicted octanol–water partition coefficient (Wildman–Crippen LogP) is 2.57. The summed E-state index contributed by atoms with van der Waals surface area (Å²) in [5.41, 5.74) is 2.66. The number of ether oxygens (including phenoxy) is 1. The summed E-state index contributed by atoms with van der Waals surface area (Å²) >= 11 is 0. The quantitative estimate of drug-likeness (QED) is 0.758. The van der Waals surface area contributed by atoms with Gasteiger partial charge in [-0.15, -0.1) is 0 Å². The van der Waals surface area contributed by atoms with Gasteiger partial charge in [-0.3, -0.25) is 4.79 Å². The van der Waals surface area contributed by atoms with Gasteiger partial charge in [-0.2, -0.15) is 5.26 Å². The van der Waals surface area contributed by atoms with Crippen LogP contribution >= 0.6 is 0 Å². The van der Waals surface area contributed by atoms with Gasteiger partial charge in [0.15, 0.2) is 0 Å². The second-order valence-electron chi connectivity index (χ2n) is 3.38.